The fourth-order valence-electron chi connectivity index (χ4n) is 1.95. The molecule has 5 nitrogen and oxygen atoms in total. The van der Waals surface area contributed by atoms with Crippen LogP contribution in [-0.4, -0.2) is 32.5 Å². The summed E-state index contributed by atoms with van der Waals surface area (Å²) in [6.45, 7) is 13.1. The second kappa shape index (κ2) is 10.5. The number of azide groups is 1. The van der Waals surface area contributed by atoms with E-state index in [4.69, 9.17) is 15.0 Å². The minimum atomic E-state index is -0.160. The Labute approximate surface area is 122 Å². The molecule has 3 atom stereocenters. The highest BCUT2D eigenvalue weighted by molar-refractivity contribution is 5.06. The van der Waals surface area contributed by atoms with Crippen LogP contribution in [0.3, 0.4) is 0 Å². The molecule has 0 fully saturated rings. The van der Waals surface area contributed by atoms with E-state index in [1.807, 2.05) is 6.92 Å². The lowest BCUT2D eigenvalue weighted by Crippen LogP contribution is -2.35. The minimum absolute atomic E-state index is 0.0964. The SMILES string of the molecule is C=C[C@H](OC)[C@@H](OCC(C)C)[C@H](C)/C=C(/C)CN=[N+]=[N-]. The first-order chi connectivity index (χ1) is 9.46. The van der Waals surface area contributed by atoms with Gasteiger partial charge in [-0.15, -0.1) is 6.58 Å². The van der Waals surface area contributed by atoms with Crippen molar-refractivity contribution < 1.29 is 9.47 Å². The monoisotopic (exact) mass is 281 g/mol. The Bertz CT molecular complexity index is 360. The molecule has 0 spiro atoms. The van der Waals surface area contributed by atoms with Crippen LogP contribution in [0.4, 0.5) is 0 Å². The van der Waals surface area contributed by atoms with E-state index in [-0.39, 0.29) is 18.1 Å². The molecule has 20 heavy (non-hydrogen) atoms. The molecule has 0 radical (unpaired) electrons. The van der Waals surface area contributed by atoms with Gasteiger partial charge in [-0.1, -0.05) is 43.6 Å². The van der Waals surface area contributed by atoms with E-state index in [1.165, 1.54) is 0 Å². The van der Waals surface area contributed by atoms with E-state index in [0.717, 1.165) is 5.57 Å². The predicted molar refractivity (Wildman–Crippen MR) is 82.5 cm³/mol. The molecule has 0 N–H and O–H groups in total. The van der Waals surface area contributed by atoms with Gasteiger partial charge in [0.25, 0.3) is 0 Å². The molecule has 0 aromatic carbocycles. The lowest BCUT2D eigenvalue weighted by Gasteiger charge is -2.29. The zero-order valence-corrected chi connectivity index (χ0v) is 13.2. The summed E-state index contributed by atoms with van der Waals surface area (Å²) in [5.74, 6) is 0.603. The summed E-state index contributed by atoms with van der Waals surface area (Å²) in [7, 11) is 1.65. The first-order valence-corrected chi connectivity index (χ1v) is 6.91. The quantitative estimate of drug-likeness (QED) is 0.261. The summed E-state index contributed by atoms with van der Waals surface area (Å²) < 4.78 is 11.4. The molecular formula is C15H27N3O2. The number of rotatable bonds is 10. The maximum absolute atomic E-state index is 8.34. The number of nitrogens with zero attached hydrogens (tertiary/aromatic N) is 3. The van der Waals surface area contributed by atoms with E-state index < -0.39 is 0 Å². The van der Waals surface area contributed by atoms with E-state index in [2.05, 4.69) is 43.5 Å². The molecule has 0 aliphatic heterocycles. The topological polar surface area (TPSA) is 67.2 Å². The van der Waals surface area contributed by atoms with Gasteiger partial charge in [0.15, 0.2) is 0 Å². The molecule has 0 amide bonds. The highest BCUT2D eigenvalue weighted by atomic mass is 16.5. The number of methoxy groups -OCH3 is 1. The molecule has 0 saturated heterocycles. The lowest BCUT2D eigenvalue weighted by molar-refractivity contribution is -0.0606. The summed E-state index contributed by atoms with van der Waals surface area (Å²) in [6.07, 6.45) is 3.57. The summed E-state index contributed by atoms with van der Waals surface area (Å²) in [6, 6.07) is 0. The van der Waals surface area contributed by atoms with Crippen molar-refractivity contribution in [3.63, 3.8) is 0 Å². The molecule has 0 aliphatic carbocycles. The van der Waals surface area contributed by atoms with Gasteiger partial charge >= 0.3 is 0 Å². The molecule has 0 bridgehead atoms. The van der Waals surface area contributed by atoms with Gasteiger partial charge in [0, 0.05) is 31.1 Å². The summed E-state index contributed by atoms with van der Waals surface area (Å²) in [5, 5.41) is 3.56. The van der Waals surface area contributed by atoms with Gasteiger partial charge in [-0.2, -0.15) is 0 Å². The minimum Gasteiger partial charge on any atom is -0.375 e. The third kappa shape index (κ3) is 7.34. The Hall–Kier alpha value is -1.29. The van der Waals surface area contributed by atoms with E-state index in [1.54, 1.807) is 13.2 Å². The molecule has 0 rings (SSSR count). The summed E-state index contributed by atoms with van der Waals surface area (Å²) in [5.41, 5.74) is 9.36. The van der Waals surface area contributed by atoms with Crippen molar-refractivity contribution in [3.8, 4) is 0 Å². The van der Waals surface area contributed by atoms with Crippen LogP contribution in [0.1, 0.15) is 27.7 Å². The van der Waals surface area contributed by atoms with Gasteiger partial charge in [0.05, 0.1) is 6.10 Å². The van der Waals surface area contributed by atoms with Gasteiger partial charge in [-0.3, -0.25) is 0 Å². The van der Waals surface area contributed by atoms with Crippen LogP contribution in [-0.2, 0) is 9.47 Å². The van der Waals surface area contributed by atoms with Gasteiger partial charge < -0.3 is 9.47 Å². The highest BCUT2D eigenvalue weighted by Gasteiger charge is 2.24. The van der Waals surface area contributed by atoms with Crippen molar-refractivity contribution in [2.45, 2.75) is 39.9 Å². The first-order valence-electron chi connectivity index (χ1n) is 6.91. The van der Waals surface area contributed by atoms with E-state index >= 15 is 0 Å². The maximum Gasteiger partial charge on any atom is 0.102 e. The average molecular weight is 281 g/mol. The zero-order valence-electron chi connectivity index (χ0n) is 13.2. The van der Waals surface area contributed by atoms with Crippen molar-refractivity contribution in [3.05, 3.63) is 34.7 Å². The molecule has 0 aliphatic rings. The van der Waals surface area contributed by atoms with Crippen LogP contribution in [0.5, 0.6) is 0 Å². The first kappa shape index (κ1) is 18.7. The molecule has 5 heteroatoms. The highest BCUT2D eigenvalue weighted by Crippen LogP contribution is 2.19. The van der Waals surface area contributed by atoms with Crippen molar-refractivity contribution in [1.82, 2.24) is 0 Å². The Morgan fingerprint density at radius 1 is 1.40 bits per heavy atom. The summed E-state index contributed by atoms with van der Waals surface area (Å²) >= 11 is 0. The molecular weight excluding hydrogens is 254 g/mol. The average Bonchev–Trinajstić information content (AvgIpc) is 2.40. The molecule has 0 heterocycles. The van der Waals surface area contributed by atoms with Crippen LogP contribution in [0.15, 0.2) is 29.4 Å². The predicted octanol–water partition coefficient (Wildman–Crippen LogP) is 4.12. The number of ether oxygens (including phenoxy) is 2. The van der Waals surface area contributed by atoms with Crippen LogP contribution >= 0.6 is 0 Å². The smallest absolute Gasteiger partial charge is 0.102 e. The third-order valence-electron chi connectivity index (χ3n) is 2.90. The molecule has 0 aromatic heterocycles. The fourth-order valence-corrected chi connectivity index (χ4v) is 1.95. The third-order valence-corrected chi connectivity index (χ3v) is 2.90. The van der Waals surface area contributed by atoms with Crippen molar-refractivity contribution in [1.29, 1.82) is 0 Å². The Morgan fingerprint density at radius 2 is 2.05 bits per heavy atom. The normalized spacial score (nSPS) is 16.4. The van der Waals surface area contributed by atoms with Crippen LogP contribution in [0.2, 0.25) is 0 Å². The lowest BCUT2D eigenvalue weighted by atomic mass is 9.96. The number of hydrogen-bond donors (Lipinski definition) is 0. The van der Waals surface area contributed by atoms with Gasteiger partial charge in [0.1, 0.15) is 6.10 Å². The Balaban J connectivity index is 4.89. The second-order valence-electron chi connectivity index (χ2n) is 5.39. The Morgan fingerprint density at radius 3 is 2.50 bits per heavy atom. The zero-order chi connectivity index (χ0) is 15.5. The molecule has 0 unspecified atom stereocenters. The second-order valence-corrected chi connectivity index (χ2v) is 5.39. The van der Waals surface area contributed by atoms with Crippen LogP contribution in [0.25, 0.3) is 10.4 Å². The summed E-state index contributed by atoms with van der Waals surface area (Å²) in [4.78, 5) is 2.77. The standard InChI is InChI=1S/C15H27N3O2/c1-7-14(19-6)15(20-10-11(2)3)13(5)8-12(4)9-17-18-16/h7-8,11,13-15H,1,9-10H2,2-6H3/b12-8-/t13-,14+,15+/m1/s1. The largest absolute Gasteiger partial charge is 0.375 e. The fraction of sp³-hybridized carbons (Fsp3) is 0.733. The van der Waals surface area contributed by atoms with E-state index in [0.29, 0.717) is 19.1 Å². The molecule has 0 aromatic rings. The van der Waals surface area contributed by atoms with Crippen molar-refractivity contribution in [2.24, 2.45) is 17.0 Å². The Kier molecular flexibility index (Phi) is 9.82. The molecule has 0 saturated carbocycles. The van der Waals surface area contributed by atoms with E-state index in [9.17, 15) is 0 Å². The van der Waals surface area contributed by atoms with Gasteiger partial charge in [0.2, 0.25) is 0 Å². The maximum atomic E-state index is 8.34. The number of hydrogen-bond acceptors (Lipinski definition) is 3. The van der Waals surface area contributed by atoms with Crippen molar-refractivity contribution in [2.75, 3.05) is 20.3 Å². The van der Waals surface area contributed by atoms with Gasteiger partial charge in [-0.05, 0) is 18.4 Å². The van der Waals surface area contributed by atoms with Crippen LogP contribution < -0.4 is 0 Å². The van der Waals surface area contributed by atoms with Gasteiger partial charge in [-0.25, -0.2) is 0 Å². The van der Waals surface area contributed by atoms with Crippen molar-refractivity contribution >= 4 is 0 Å². The molecule has 114 valence electrons. The van der Waals surface area contributed by atoms with Crippen LogP contribution in [0, 0.1) is 11.8 Å².